The standard InChI is InChI=1S/C14H30N2/c1-4-8-14(11-15,9-5-2)16-13-7-6-12(3)10-13/h12-13,16H,4-11,15H2,1-3H3. The van der Waals surface area contributed by atoms with Crippen LogP contribution in [-0.2, 0) is 0 Å². The lowest BCUT2D eigenvalue weighted by Crippen LogP contribution is -2.54. The van der Waals surface area contributed by atoms with E-state index in [0.29, 0.717) is 0 Å². The van der Waals surface area contributed by atoms with E-state index in [1.807, 2.05) is 0 Å². The van der Waals surface area contributed by atoms with Crippen LogP contribution in [0.25, 0.3) is 0 Å². The van der Waals surface area contributed by atoms with Crippen molar-refractivity contribution in [2.24, 2.45) is 11.7 Å². The van der Waals surface area contributed by atoms with Crippen molar-refractivity contribution in [1.82, 2.24) is 5.32 Å². The summed E-state index contributed by atoms with van der Waals surface area (Å²) in [6.07, 6.45) is 8.98. The maximum absolute atomic E-state index is 6.03. The van der Waals surface area contributed by atoms with Gasteiger partial charge in [-0.2, -0.15) is 0 Å². The molecule has 0 spiro atoms. The fraction of sp³-hybridized carbons (Fsp3) is 1.00. The molecule has 1 rings (SSSR count). The molecule has 1 aliphatic rings. The van der Waals surface area contributed by atoms with Crippen LogP contribution in [0.4, 0.5) is 0 Å². The SMILES string of the molecule is CCCC(CN)(CCC)NC1CCC(C)C1. The number of hydrogen-bond acceptors (Lipinski definition) is 2. The Morgan fingerprint density at radius 2 is 1.81 bits per heavy atom. The van der Waals surface area contributed by atoms with Gasteiger partial charge in [0.05, 0.1) is 0 Å². The molecule has 1 saturated carbocycles. The van der Waals surface area contributed by atoms with Gasteiger partial charge in [-0.05, 0) is 38.0 Å². The second-order valence-electron chi connectivity index (χ2n) is 5.74. The minimum Gasteiger partial charge on any atom is -0.329 e. The quantitative estimate of drug-likeness (QED) is 0.700. The van der Waals surface area contributed by atoms with Crippen molar-refractivity contribution in [1.29, 1.82) is 0 Å². The largest absolute Gasteiger partial charge is 0.329 e. The lowest BCUT2D eigenvalue weighted by Gasteiger charge is -2.36. The van der Waals surface area contributed by atoms with Crippen LogP contribution in [-0.4, -0.2) is 18.1 Å². The maximum Gasteiger partial charge on any atom is 0.0306 e. The smallest absolute Gasteiger partial charge is 0.0306 e. The van der Waals surface area contributed by atoms with Crippen LogP contribution >= 0.6 is 0 Å². The highest BCUT2D eigenvalue weighted by Gasteiger charge is 2.31. The van der Waals surface area contributed by atoms with Crippen LogP contribution in [0, 0.1) is 5.92 Å². The molecule has 2 heteroatoms. The Morgan fingerprint density at radius 1 is 1.19 bits per heavy atom. The normalized spacial score (nSPS) is 26.2. The first-order valence-corrected chi connectivity index (χ1v) is 7.13. The van der Waals surface area contributed by atoms with E-state index in [9.17, 15) is 0 Å². The molecule has 0 heterocycles. The van der Waals surface area contributed by atoms with Crippen molar-refractivity contribution in [2.45, 2.75) is 77.3 Å². The number of nitrogens with one attached hydrogen (secondary N) is 1. The highest BCUT2D eigenvalue weighted by molar-refractivity contribution is 4.93. The summed E-state index contributed by atoms with van der Waals surface area (Å²) >= 11 is 0. The number of rotatable bonds is 7. The van der Waals surface area contributed by atoms with E-state index in [2.05, 4.69) is 26.1 Å². The van der Waals surface area contributed by atoms with Crippen molar-refractivity contribution in [3.8, 4) is 0 Å². The van der Waals surface area contributed by atoms with E-state index in [1.54, 1.807) is 0 Å². The number of nitrogens with two attached hydrogens (primary N) is 1. The van der Waals surface area contributed by atoms with E-state index in [4.69, 9.17) is 5.73 Å². The molecule has 0 saturated heterocycles. The van der Waals surface area contributed by atoms with Gasteiger partial charge in [0.25, 0.3) is 0 Å². The van der Waals surface area contributed by atoms with Crippen LogP contribution < -0.4 is 11.1 Å². The lowest BCUT2D eigenvalue weighted by molar-refractivity contribution is 0.248. The number of hydrogen-bond donors (Lipinski definition) is 2. The summed E-state index contributed by atoms with van der Waals surface area (Å²) in [6, 6.07) is 0.719. The summed E-state index contributed by atoms with van der Waals surface area (Å²) in [6.45, 7) is 7.68. The molecule has 0 bridgehead atoms. The first-order chi connectivity index (χ1) is 7.65. The van der Waals surface area contributed by atoms with E-state index in [-0.39, 0.29) is 5.54 Å². The average molecular weight is 226 g/mol. The summed E-state index contributed by atoms with van der Waals surface area (Å²) < 4.78 is 0. The zero-order valence-corrected chi connectivity index (χ0v) is 11.4. The Labute approximate surface area is 101 Å². The minimum absolute atomic E-state index is 0.220. The maximum atomic E-state index is 6.03. The molecule has 1 fully saturated rings. The molecule has 1 aliphatic carbocycles. The predicted molar refractivity (Wildman–Crippen MR) is 71.5 cm³/mol. The van der Waals surface area contributed by atoms with Gasteiger partial charge in [0.15, 0.2) is 0 Å². The topological polar surface area (TPSA) is 38.0 Å². The Hall–Kier alpha value is -0.0800. The highest BCUT2D eigenvalue weighted by Crippen LogP contribution is 2.28. The summed E-state index contributed by atoms with van der Waals surface area (Å²) in [5, 5.41) is 3.89. The molecule has 2 unspecified atom stereocenters. The van der Waals surface area contributed by atoms with E-state index in [0.717, 1.165) is 18.5 Å². The predicted octanol–water partition coefficient (Wildman–Crippen LogP) is 3.06. The van der Waals surface area contributed by atoms with Crippen LogP contribution in [0.3, 0.4) is 0 Å². The second-order valence-corrected chi connectivity index (χ2v) is 5.74. The summed E-state index contributed by atoms with van der Waals surface area (Å²) in [5.41, 5.74) is 6.25. The van der Waals surface area contributed by atoms with Crippen LogP contribution in [0.5, 0.6) is 0 Å². The van der Waals surface area contributed by atoms with Crippen molar-refractivity contribution >= 4 is 0 Å². The molecule has 0 radical (unpaired) electrons. The van der Waals surface area contributed by atoms with Gasteiger partial charge in [-0.15, -0.1) is 0 Å². The highest BCUT2D eigenvalue weighted by atomic mass is 15.0. The summed E-state index contributed by atoms with van der Waals surface area (Å²) in [7, 11) is 0. The monoisotopic (exact) mass is 226 g/mol. The Kier molecular flexibility index (Phi) is 5.77. The average Bonchev–Trinajstić information content (AvgIpc) is 2.64. The summed E-state index contributed by atoms with van der Waals surface area (Å²) in [5.74, 6) is 0.899. The van der Waals surface area contributed by atoms with E-state index in [1.165, 1.54) is 44.9 Å². The zero-order valence-electron chi connectivity index (χ0n) is 11.4. The third-order valence-electron chi connectivity index (χ3n) is 4.05. The molecule has 96 valence electrons. The van der Waals surface area contributed by atoms with Crippen LogP contribution in [0.15, 0.2) is 0 Å². The molecule has 2 nitrogen and oxygen atoms in total. The van der Waals surface area contributed by atoms with Gasteiger partial charge in [-0.1, -0.05) is 33.6 Å². The molecular weight excluding hydrogens is 196 g/mol. The van der Waals surface area contributed by atoms with E-state index >= 15 is 0 Å². The Bertz CT molecular complexity index is 185. The molecule has 16 heavy (non-hydrogen) atoms. The third-order valence-corrected chi connectivity index (χ3v) is 4.05. The van der Waals surface area contributed by atoms with Gasteiger partial charge in [0.2, 0.25) is 0 Å². The fourth-order valence-corrected chi connectivity index (χ4v) is 3.26. The zero-order chi connectivity index (χ0) is 12.0. The second kappa shape index (κ2) is 6.61. The molecule has 2 atom stereocenters. The van der Waals surface area contributed by atoms with Crippen LogP contribution in [0.1, 0.15) is 65.7 Å². The van der Waals surface area contributed by atoms with Gasteiger partial charge in [-0.25, -0.2) is 0 Å². The van der Waals surface area contributed by atoms with Crippen LogP contribution in [0.2, 0.25) is 0 Å². The molecule has 0 aromatic rings. The molecule has 0 aromatic carbocycles. The fourth-order valence-electron chi connectivity index (χ4n) is 3.26. The van der Waals surface area contributed by atoms with Gasteiger partial charge in [0, 0.05) is 18.1 Å². The van der Waals surface area contributed by atoms with Gasteiger partial charge >= 0.3 is 0 Å². The van der Waals surface area contributed by atoms with Crippen molar-refractivity contribution in [3.63, 3.8) is 0 Å². The van der Waals surface area contributed by atoms with E-state index < -0.39 is 0 Å². The third kappa shape index (κ3) is 3.74. The molecular formula is C14H30N2. The molecule has 0 amide bonds. The van der Waals surface area contributed by atoms with Crippen molar-refractivity contribution < 1.29 is 0 Å². The summed E-state index contributed by atoms with van der Waals surface area (Å²) in [4.78, 5) is 0. The van der Waals surface area contributed by atoms with Crippen molar-refractivity contribution in [2.75, 3.05) is 6.54 Å². The van der Waals surface area contributed by atoms with Gasteiger partial charge in [0.1, 0.15) is 0 Å². The first kappa shape index (κ1) is 14.0. The first-order valence-electron chi connectivity index (χ1n) is 7.13. The minimum atomic E-state index is 0.220. The lowest BCUT2D eigenvalue weighted by atomic mass is 9.87. The Morgan fingerprint density at radius 3 is 2.19 bits per heavy atom. The van der Waals surface area contributed by atoms with Gasteiger partial charge in [-0.3, -0.25) is 0 Å². The Balaban J connectivity index is 2.54. The van der Waals surface area contributed by atoms with Crippen molar-refractivity contribution in [3.05, 3.63) is 0 Å². The molecule has 0 aliphatic heterocycles. The molecule has 0 aromatic heterocycles. The molecule has 3 N–H and O–H groups in total. The van der Waals surface area contributed by atoms with Gasteiger partial charge < -0.3 is 11.1 Å².